The first-order valence-electron chi connectivity index (χ1n) is 2.98. The molecule has 0 aromatic carbocycles. The van der Waals surface area contributed by atoms with Gasteiger partial charge in [-0.3, -0.25) is 0 Å². The van der Waals surface area contributed by atoms with Crippen LogP contribution in [0, 0.1) is 0 Å². The number of hydrogen-bond acceptors (Lipinski definition) is 2. The van der Waals surface area contributed by atoms with Gasteiger partial charge in [-0.2, -0.15) is 0 Å². The molecule has 1 N–H and O–H groups in total. The van der Waals surface area contributed by atoms with E-state index >= 15 is 0 Å². The van der Waals surface area contributed by atoms with Gasteiger partial charge in [0.2, 0.25) is 0 Å². The van der Waals surface area contributed by atoms with E-state index in [2.05, 4.69) is 11.7 Å². The lowest BCUT2D eigenvalue weighted by atomic mass is 10.4. The molecule has 7 heavy (non-hydrogen) atoms. The molecule has 3 heteroatoms. The number of hydrogen-bond donors (Lipinski definition) is 1. The van der Waals surface area contributed by atoms with Crippen molar-refractivity contribution in [3.63, 3.8) is 0 Å². The minimum atomic E-state index is -0.932. The van der Waals surface area contributed by atoms with Gasteiger partial charge in [-0.05, 0) is 6.42 Å². The fraction of sp³-hybridized carbons (Fsp3) is 1.00. The molecule has 0 unspecified atom stereocenters. The summed E-state index contributed by atoms with van der Waals surface area (Å²) in [6, 6.07) is 0. The van der Waals surface area contributed by atoms with Crippen LogP contribution in [-0.2, 0) is 4.43 Å². The second-order valence-electron chi connectivity index (χ2n) is 1.38. The zero-order chi connectivity index (χ0) is 6.24. The van der Waals surface area contributed by atoms with Crippen molar-refractivity contribution in [1.29, 1.82) is 1.43 Å². The minimum Gasteiger partial charge on any atom is -0.415 e. The van der Waals surface area contributed by atoms with Crippen LogP contribution in [0.4, 0.5) is 0 Å². The highest BCUT2D eigenvalue weighted by atomic mass is 28.2. The summed E-state index contributed by atoms with van der Waals surface area (Å²) >= 11 is 0. The summed E-state index contributed by atoms with van der Waals surface area (Å²) in [5, 5.41) is 0. The maximum Gasteiger partial charge on any atom is 0.301 e. The monoisotopic (exact) mass is 122 g/mol. The standard InChI is InChI=1S/C4H12O2Si/c1-2-3-4-6-7-5/h5H,2-4,7H2,1H3/i5T. The Bertz CT molecular complexity index is 39.0. The van der Waals surface area contributed by atoms with E-state index in [9.17, 15) is 0 Å². The fourth-order valence-electron chi connectivity index (χ4n) is 0.305. The van der Waals surface area contributed by atoms with E-state index in [0.29, 0.717) is 0 Å². The van der Waals surface area contributed by atoms with E-state index in [-0.39, 0.29) is 0 Å². The molecule has 0 atom stereocenters. The van der Waals surface area contributed by atoms with Crippen LogP contribution in [0.2, 0.25) is 0 Å². The normalized spacial score (nSPS) is 13.0. The van der Waals surface area contributed by atoms with Gasteiger partial charge in [-0.25, -0.2) is 0 Å². The highest BCUT2D eigenvalue weighted by Crippen LogP contribution is 1.84. The van der Waals surface area contributed by atoms with Gasteiger partial charge in [-0.15, -0.1) is 0 Å². The van der Waals surface area contributed by atoms with Gasteiger partial charge in [0.15, 0.2) is 1.43 Å². The molecule has 0 fully saturated rings. The van der Waals surface area contributed by atoms with Gasteiger partial charge in [-0.1, -0.05) is 13.3 Å². The van der Waals surface area contributed by atoms with E-state index < -0.39 is 10.0 Å². The van der Waals surface area contributed by atoms with E-state index in [1.807, 2.05) is 0 Å². The Balaban J connectivity index is 2.53. The largest absolute Gasteiger partial charge is 0.415 e. The van der Waals surface area contributed by atoms with Gasteiger partial charge in [0, 0.05) is 6.61 Å². The van der Waals surface area contributed by atoms with E-state index in [1.165, 1.54) is 0 Å². The maximum absolute atomic E-state index is 6.27. The predicted octanol–water partition coefficient (Wildman–Crippen LogP) is -0.206. The predicted molar refractivity (Wildman–Crippen MR) is 31.6 cm³/mol. The molecular formula is C4H12O2Si. The van der Waals surface area contributed by atoms with Crippen LogP contribution in [0.25, 0.3) is 0 Å². The lowest BCUT2D eigenvalue weighted by Gasteiger charge is -1.93. The second kappa shape index (κ2) is 6.14. The Morgan fingerprint density at radius 3 is 3.43 bits per heavy atom. The summed E-state index contributed by atoms with van der Waals surface area (Å²) in [6.07, 6.45) is 2.22. The van der Waals surface area contributed by atoms with Crippen LogP contribution in [0.15, 0.2) is 0 Å². The Hall–Kier alpha value is 0.137. The molecule has 0 aliphatic carbocycles. The van der Waals surface area contributed by atoms with Crippen LogP contribution < -0.4 is 0 Å². The summed E-state index contributed by atoms with van der Waals surface area (Å²) in [5.74, 6) is 0. The van der Waals surface area contributed by atoms with Crippen molar-refractivity contribution in [3.8, 4) is 0 Å². The van der Waals surface area contributed by atoms with Crippen molar-refractivity contribution in [3.05, 3.63) is 0 Å². The van der Waals surface area contributed by atoms with Gasteiger partial charge < -0.3 is 9.22 Å². The third-order valence-corrected chi connectivity index (χ3v) is 1.18. The van der Waals surface area contributed by atoms with Crippen LogP contribution in [0.1, 0.15) is 19.8 Å². The summed E-state index contributed by atoms with van der Waals surface area (Å²) < 4.78 is 11.2. The van der Waals surface area contributed by atoms with Crippen LogP contribution in [-0.4, -0.2) is 22.8 Å². The fourth-order valence-corrected chi connectivity index (χ4v) is 0.627. The van der Waals surface area contributed by atoms with Crippen molar-refractivity contribution in [1.82, 2.24) is 0 Å². The van der Waals surface area contributed by atoms with Crippen molar-refractivity contribution in [2.75, 3.05) is 6.61 Å². The molecule has 0 saturated carbocycles. The first kappa shape index (κ1) is 5.28. The molecule has 0 saturated heterocycles. The zero-order valence-electron chi connectivity index (χ0n) is 5.64. The number of rotatable bonds is 5. The van der Waals surface area contributed by atoms with Crippen LogP contribution in [0.5, 0.6) is 0 Å². The van der Waals surface area contributed by atoms with E-state index in [0.717, 1.165) is 19.4 Å². The topological polar surface area (TPSA) is 29.5 Å². The zero-order valence-corrected chi connectivity index (χ0v) is 6.06. The molecule has 0 aliphatic heterocycles. The summed E-state index contributed by atoms with van der Waals surface area (Å²) in [7, 11) is -0.932. The lowest BCUT2D eigenvalue weighted by Crippen LogP contribution is -1.97. The van der Waals surface area contributed by atoms with Crippen LogP contribution in [0.3, 0.4) is 0 Å². The summed E-state index contributed by atoms with van der Waals surface area (Å²) in [6.45, 7) is 2.87. The molecule has 0 spiro atoms. The van der Waals surface area contributed by atoms with Crippen molar-refractivity contribution in [2.24, 2.45) is 0 Å². The average molecular weight is 122 g/mol. The van der Waals surface area contributed by atoms with Crippen molar-refractivity contribution in [2.45, 2.75) is 19.8 Å². The first-order chi connectivity index (χ1) is 3.91. The average Bonchev–Trinajstić information content (AvgIpc) is 1.81. The second-order valence-corrected chi connectivity index (χ2v) is 2.02. The van der Waals surface area contributed by atoms with Crippen molar-refractivity contribution < 1.29 is 9.22 Å². The molecule has 0 radical (unpaired) electrons. The van der Waals surface area contributed by atoms with Crippen LogP contribution >= 0.6 is 0 Å². The Morgan fingerprint density at radius 2 is 2.86 bits per heavy atom. The van der Waals surface area contributed by atoms with E-state index in [1.54, 1.807) is 0 Å². The molecule has 0 bridgehead atoms. The molecule has 44 valence electrons. The quantitative estimate of drug-likeness (QED) is 0.404. The molecule has 0 aromatic heterocycles. The SMILES string of the molecule is [3H]O[SiH2]OCCCC. The first-order valence-corrected chi connectivity index (χ1v) is 3.73. The third kappa shape index (κ3) is 6.14. The lowest BCUT2D eigenvalue weighted by molar-refractivity contribution is 0.278. The van der Waals surface area contributed by atoms with Crippen molar-refractivity contribution >= 4 is 10.0 Å². The third-order valence-electron chi connectivity index (χ3n) is 0.726. The van der Waals surface area contributed by atoms with Gasteiger partial charge >= 0.3 is 10.0 Å². The molecule has 0 rings (SSSR count). The van der Waals surface area contributed by atoms with Gasteiger partial charge in [0.25, 0.3) is 0 Å². The molecule has 0 heterocycles. The molecular weight excluding hydrogens is 108 g/mol. The maximum atomic E-state index is 6.27. The Labute approximate surface area is 48.1 Å². The highest BCUT2D eigenvalue weighted by Gasteiger charge is 1.80. The van der Waals surface area contributed by atoms with E-state index in [4.69, 9.17) is 5.86 Å². The smallest absolute Gasteiger partial charge is 0.301 e. The minimum absolute atomic E-state index is 0.765. The Morgan fingerprint density at radius 1 is 2.00 bits per heavy atom. The highest BCUT2D eigenvalue weighted by molar-refractivity contribution is 6.15. The number of unbranched alkanes of at least 4 members (excludes halogenated alkanes) is 1. The summed E-state index contributed by atoms with van der Waals surface area (Å²) in [4.78, 5) is 4.06. The van der Waals surface area contributed by atoms with Gasteiger partial charge in [0.05, 0.1) is 0 Å². The molecule has 2 nitrogen and oxygen atoms in total. The molecule has 0 amide bonds. The Kier molecular flexibility index (Phi) is 4.63. The summed E-state index contributed by atoms with van der Waals surface area (Å²) in [5.41, 5.74) is 0. The van der Waals surface area contributed by atoms with Gasteiger partial charge in [0.1, 0.15) is 0 Å². The molecule has 0 aromatic rings. The molecule has 0 aliphatic rings.